The quantitative estimate of drug-likeness (QED) is 0.541. The topological polar surface area (TPSA) is 110 Å². The average molecular weight is 459 g/mol. The van der Waals surface area contributed by atoms with E-state index in [0.717, 1.165) is 18.4 Å². The number of sulfonamides is 1. The highest BCUT2D eigenvalue weighted by molar-refractivity contribution is 7.99. The molecule has 2 aromatic heterocycles. The summed E-state index contributed by atoms with van der Waals surface area (Å²) in [5.74, 6) is 0.518. The number of benzene rings is 1. The molecule has 162 valence electrons. The van der Waals surface area contributed by atoms with Crippen LogP contribution in [-0.4, -0.2) is 57.2 Å². The monoisotopic (exact) mass is 458 g/mol. The maximum Gasteiger partial charge on any atom is 0.243 e. The Morgan fingerprint density at radius 2 is 1.97 bits per heavy atom. The Morgan fingerprint density at radius 3 is 2.71 bits per heavy atom. The van der Waals surface area contributed by atoms with Gasteiger partial charge in [-0.15, -0.1) is 10.2 Å². The van der Waals surface area contributed by atoms with E-state index < -0.39 is 10.0 Å². The summed E-state index contributed by atoms with van der Waals surface area (Å²) in [5, 5.41) is 11.7. The molecule has 0 atom stereocenters. The summed E-state index contributed by atoms with van der Waals surface area (Å²) in [6, 6.07) is 10.1. The van der Waals surface area contributed by atoms with Crippen LogP contribution in [0, 0.1) is 0 Å². The fraction of sp³-hybridized carbons (Fsp3) is 0.300. The fourth-order valence-corrected chi connectivity index (χ4v) is 5.60. The summed E-state index contributed by atoms with van der Waals surface area (Å²) in [6.45, 7) is 1.07. The Hall–Kier alpha value is -2.76. The molecule has 0 saturated carbocycles. The van der Waals surface area contributed by atoms with Gasteiger partial charge in [0.2, 0.25) is 15.9 Å². The fourth-order valence-electron chi connectivity index (χ4n) is 3.33. The molecule has 1 amide bonds. The van der Waals surface area contributed by atoms with Crippen molar-refractivity contribution < 1.29 is 13.2 Å². The number of anilines is 1. The molecule has 0 aliphatic carbocycles. The summed E-state index contributed by atoms with van der Waals surface area (Å²) in [7, 11) is -1.70. The number of carbonyl (C=O) groups excluding carboxylic acids is 1. The highest BCUT2D eigenvalue weighted by Gasteiger charge is 2.27. The minimum atomic E-state index is -3.53. The van der Waals surface area contributed by atoms with Crippen LogP contribution in [-0.2, 0) is 21.9 Å². The smallest absolute Gasteiger partial charge is 0.243 e. The molecule has 1 N–H and O–H groups in total. The van der Waals surface area contributed by atoms with Crippen molar-refractivity contribution in [3.05, 3.63) is 48.8 Å². The summed E-state index contributed by atoms with van der Waals surface area (Å²) in [6.07, 6.45) is 5.13. The van der Waals surface area contributed by atoms with E-state index in [2.05, 4.69) is 20.5 Å². The van der Waals surface area contributed by atoms with Gasteiger partial charge in [0, 0.05) is 43.8 Å². The Labute approximate surface area is 184 Å². The zero-order valence-electron chi connectivity index (χ0n) is 16.9. The third-order valence-electron chi connectivity index (χ3n) is 4.91. The number of hydrogen-bond donors (Lipinski definition) is 1. The van der Waals surface area contributed by atoms with E-state index >= 15 is 0 Å². The number of pyridine rings is 1. The molecule has 31 heavy (non-hydrogen) atoms. The average Bonchev–Trinajstić information content (AvgIpc) is 3.44. The third-order valence-corrected chi connectivity index (χ3v) is 7.82. The van der Waals surface area contributed by atoms with E-state index in [-0.39, 0.29) is 16.6 Å². The van der Waals surface area contributed by atoms with Gasteiger partial charge in [-0.3, -0.25) is 9.78 Å². The molecule has 3 heterocycles. The molecule has 1 saturated heterocycles. The summed E-state index contributed by atoms with van der Waals surface area (Å²) in [5.41, 5.74) is 1.28. The zero-order valence-corrected chi connectivity index (χ0v) is 18.6. The van der Waals surface area contributed by atoms with Crippen molar-refractivity contribution in [2.75, 3.05) is 24.2 Å². The lowest BCUT2D eigenvalue weighted by atomic mass is 10.3. The van der Waals surface area contributed by atoms with Gasteiger partial charge in [-0.05, 0) is 43.2 Å². The van der Waals surface area contributed by atoms with Gasteiger partial charge in [0.25, 0.3) is 0 Å². The van der Waals surface area contributed by atoms with Crippen LogP contribution in [0.3, 0.4) is 0 Å². The Kier molecular flexibility index (Phi) is 6.35. The number of hydrogen-bond acceptors (Lipinski definition) is 7. The van der Waals surface area contributed by atoms with Gasteiger partial charge in [-0.2, -0.15) is 4.31 Å². The highest BCUT2D eigenvalue weighted by atomic mass is 32.2. The van der Waals surface area contributed by atoms with Crippen molar-refractivity contribution in [2.45, 2.75) is 22.9 Å². The van der Waals surface area contributed by atoms with E-state index in [1.165, 1.54) is 22.1 Å². The molecule has 1 aliphatic rings. The highest BCUT2D eigenvalue weighted by Crippen LogP contribution is 2.24. The summed E-state index contributed by atoms with van der Waals surface area (Å²) >= 11 is 1.25. The summed E-state index contributed by atoms with van der Waals surface area (Å²) in [4.78, 5) is 16.7. The lowest BCUT2D eigenvalue weighted by molar-refractivity contribution is -0.113. The largest absolute Gasteiger partial charge is 0.325 e. The molecule has 0 bridgehead atoms. The molecule has 4 rings (SSSR count). The van der Waals surface area contributed by atoms with Crippen molar-refractivity contribution in [3.63, 3.8) is 0 Å². The van der Waals surface area contributed by atoms with Crippen LogP contribution in [0.4, 0.5) is 5.69 Å². The molecule has 3 aromatic rings. The van der Waals surface area contributed by atoms with Crippen LogP contribution < -0.4 is 5.32 Å². The molecule has 11 heteroatoms. The minimum absolute atomic E-state index is 0.113. The van der Waals surface area contributed by atoms with Crippen molar-refractivity contribution >= 4 is 33.4 Å². The number of amides is 1. The van der Waals surface area contributed by atoms with Gasteiger partial charge in [0.15, 0.2) is 11.0 Å². The second kappa shape index (κ2) is 9.16. The van der Waals surface area contributed by atoms with Crippen LogP contribution in [0.15, 0.2) is 58.8 Å². The molecule has 1 fully saturated rings. The number of thioether (sulfide) groups is 1. The molecule has 9 nitrogen and oxygen atoms in total. The standard InChI is InChI=1S/C20H22N6O3S2/c1-25-19(15-6-5-9-21-13-15)23-24-20(25)30-14-18(27)22-16-7-4-8-17(12-16)31(28,29)26-10-2-3-11-26/h4-9,12-13H,2-3,10-11,14H2,1H3,(H,22,27). The predicted molar refractivity (Wildman–Crippen MR) is 118 cm³/mol. The number of nitrogens with one attached hydrogen (secondary N) is 1. The Balaban J connectivity index is 1.39. The lowest BCUT2D eigenvalue weighted by Crippen LogP contribution is -2.28. The minimum Gasteiger partial charge on any atom is -0.325 e. The van der Waals surface area contributed by atoms with Crippen molar-refractivity contribution in [2.24, 2.45) is 7.05 Å². The number of nitrogens with zero attached hydrogens (tertiary/aromatic N) is 5. The van der Waals surface area contributed by atoms with Gasteiger partial charge in [-0.25, -0.2) is 8.42 Å². The Morgan fingerprint density at radius 1 is 1.16 bits per heavy atom. The van der Waals surface area contributed by atoms with E-state index in [0.29, 0.717) is 29.8 Å². The molecule has 0 radical (unpaired) electrons. The maximum absolute atomic E-state index is 12.7. The van der Waals surface area contributed by atoms with Gasteiger partial charge in [0.1, 0.15) is 0 Å². The molecule has 0 unspecified atom stereocenters. The Bertz CT molecular complexity index is 1170. The van der Waals surface area contributed by atoms with Crippen LogP contribution in [0.25, 0.3) is 11.4 Å². The van der Waals surface area contributed by atoms with E-state index in [1.54, 1.807) is 35.2 Å². The SMILES string of the molecule is Cn1c(SCC(=O)Nc2cccc(S(=O)(=O)N3CCCC3)c2)nnc1-c1cccnc1. The van der Waals surface area contributed by atoms with Crippen LogP contribution in [0.1, 0.15) is 12.8 Å². The lowest BCUT2D eigenvalue weighted by Gasteiger charge is -2.16. The first-order chi connectivity index (χ1) is 14.9. The van der Waals surface area contributed by atoms with Gasteiger partial charge >= 0.3 is 0 Å². The van der Waals surface area contributed by atoms with Crippen LogP contribution in [0.2, 0.25) is 0 Å². The van der Waals surface area contributed by atoms with E-state index in [1.807, 2.05) is 19.2 Å². The van der Waals surface area contributed by atoms with Crippen LogP contribution in [0.5, 0.6) is 0 Å². The first-order valence-corrected chi connectivity index (χ1v) is 12.2. The molecule has 1 aromatic carbocycles. The van der Waals surface area contributed by atoms with E-state index in [9.17, 15) is 13.2 Å². The van der Waals surface area contributed by atoms with Gasteiger partial charge < -0.3 is 9.88 Å². The molecule has 1 aliphatic heterocycles. The third kappa shape index (κ3) is 4.78. The summed E-state index contributed by atoms with van der Waals surface area (Å²) < 4.78 is 28.7. The second-order valence-electron chi connectivity index (χ2n) is 7.08. The van der Waals surface area contributed by atoms with E-state index in [4.69, 9.17) is 0 Å². The number of carbonyl (C=O) groups is 1. The zero-order chi connectivity index (χ0) is 21.8. The molecular formula is C20H22N6O3S2. The second-order valence-corrected chi connectivity index (χ2v) is 9.96. The maximum atomic E-state index is 12.7. The number of aromatic nitrogens is 4. The van der Waals surface area contributed by atoms with Crippen LogP contribution >= 0.6 is 11.8 Å². The molecule has 0 spiro atoms. The van der Waals surface area contributed by atoms with Gasteiger partial charge in [0.05, 0.1) is 10.6 Å². The number of rotatable bonds is 7. The van der Waals surface area contributed by atoms with Crippen molar-refractivity contribution in [3.8, 4) is 11.4 Å². The first-order valence-electron chi connectivity index (χ1n) is 9.78. The van der Waals surface area contributed by atoms with Crippen molar-refractivity contribution in [1.29, 1.82) is 0 Å². The predicted octanol–water partition coefficient (Wildman–Crippen LogP) is 2.39. The van der Waals surface area contributed by atoms with Gasteiger partial charge in [-0.1, -0.05) is 17.8 Å². The molecular weight excluding hydrogens is 436 g/mol. The first kappa shape index (κ1) is 21.5. The normalized spacial score (nSPS) is 14.6. The van der Waals surface area contributed by atoms with Crippen molar-refractivity contribution in [1.82, 2.24) is 24.1 Å².